The molecule has 7 heteroatoms. The van der Waals surface area contributed by atoms with Gasteiger partial charge < -0.3 is 9.88 Å². The SMILES string of the molecule is O=C(Nc1ccncc1)C(=O)c1c(Cl)n(Cc2ccc(Cl)cc2)c2ccccc12. The maximum Gasteiger partial charge on any atom is 0.296 e. The molecular weight excluding hydrogens is 409 g/mol. The zero-order chi connectivity index (χ0) is 20.4. The van der Waals surface area contributed by atoms with E-state index in [-0.39, 0.29) is 10.7 Å². The number of nitrogens with one attached hydrogen (secondary N) is 1. The molecule has 0 radical (unpaired) electrons. The summed E-state index contributed by atoms with van der Waals surface area (Å²) in [7, 11) is 0. The lowest BCUT2D eigenvalue weighted by Crippen LogP contribution is -2.23. The van der Waals surface area contributed by atoms with Gasteiger partial charge >= 0.3 is 0 Å². The zero-order valence-corrected chi connectivity index (χ0v) is 16.6. The molecule has 1 amide bonds. The van der Waals surface area contributed by atoms with Crippen molar-refractivity contribution in [1.29, 1.82) is 0 Å². The standard InChI is InChI=1S/C22H15Cl2N3O2/c23-15-7-5-14(6-8-15)13-27-18-4-2-1-3-17(18)19(21(27)24)20(28)22(29)26-16-9-11-25-12-10-16/h1-12H,13H2,(H,25,26,29). The van der Waals surface area contributed by atoms with Crippen molar-refractivity contribution < 1.29 is 9.59 Å². The Hall–Kier alpha value is -3.15. The summed E-state index contributed by atoms with van der Waals surface area (Å²) in [6.07, 6.45) is 3.07. The first-order chi connectivity index (χ1) is 14.0. The van der Waals surface area contributed by atoms with Gasteiger partial charge in [0.2, 0.25) is 0 Å². The highest BCUT2D eigenvalue weighted by atomic mass is 35.5. The van der Waals surface area contributed by atoms with E-state index in [2.05, 4.69) is 10.3 Å². The second kappa shape index (κ2) is 8.07. The van der Waals surface area contributed by atoms with E-state index in [4.69, 9.17) is 23.2 Å². The van der Waals surface area contributed by atoms with Gasteiger partial charge in [-0.1, -0.05) is 53.5 Å². The average Bonchev–Trinajstić information content (AvgIpc) is 3.01. The number of Topliss-reactive ketones (excluding diaryl/α,β-unsaturated/α-hetero) is 1. The number of halogens is 2. The number of aromatic nitrogens is 2. The van der Waals surface area contributed by atoms with Gasteiger partial charge in [-0.25, -0.2) is 0 Å². The van der Waals surface area contributed by atoms with Crippen LogP contribution in [0.3, 0.4) is 0 Å². The Kier molecular flexibility index (Phi) is 5.34. The van der Waals surface area contributed by atoms with Crippen LogP contribution in [0.1, 0.15) is 15.9 Å². The van der Waals surface area contributed by atoms with Crippen LogP contribution in [0.5, 0.6) is 0 Å². The van der Waals surface area contributed by atoms with Crippen molar-refractivity contribution in [3.8, 4) is 0 Å². The second-order valence-electron chi connectivity index (χ2n) is 6.41. The van der Waals surface area contributed by atoms with E-state index in [0.717, 1.165) is 11.1 Å². The van der Waals surface area contributed by atoms with Crippen LogP contribution in [0, 0.1) is 0 Å². The van der Waals surface area contributed by atoms with E-state index in [9.17, 15) is 9.59 Å². The van der Waals surface area contributed by atoms with E-state index >= 15 is 0 Å². The lowest BCUT2D eigenvalue weighted by atomic mass is 10.1. The minimum Gasteiger partial charge on any atom is -0.327 e. The summed E-state index contributed by atoms with van der Waals surface area (Å²) in [6, 6.07) is 17.9. The van der Waals surface area contributed by atoms with Crippen LogP contribution in [-0.4, -0.2) is 21.2 Å². The summed E-state index contributed by atoms with van der Waals surface area (Å²) < 4.78 is 1.81. The third-order valence-electron chi connectivity index (χ3n) is 4.53. The van der Waals surface area contributed by atoms with Crippen LogP contribution in [0.25, 0.3) is 10.9 Å². The van der Waals surface area contributed by atoms with Gasteiger partial charge in [-0.15, -0.1) is 0 Å². The largest absolute Gasteiger partial charge is 0.327 e. The second-order valence-corrected chi connectivity index (χ2v) is 7.21. The number of fused-ring (bicyclic) bond motifs is 1. The topological polar surface area (TPSA) is 64.0 Å². The number of anilines is 1. The molecule has 0 saturated heterocycles. The van der Waals surface area contributed by atoms with Gasteiger partial charge in [-0.05, 0) is 35.9 Å². The van der Waals surface area contributed by atoms with Crippen LogP contribution < -0.4 is 5.32 Å². The third-order valence-corrected chi connectivity index (χ3v) is 5.18. The quantitative estimate of drug-likeness (QED) is 0.353. The third kappa shape index (κ3) is 3.88. The van der Waals surface area contributed by atoms with E-state index in [1.54, 1.807) is 30.3 Å². The van der Waals surface area contributed by atoms with Crippen LogP contribution in [0.4, 0.5) is 5.69 Å². The summed E-state index contributed by atoms with van der Waals surface area (Å²) in [5.41, 5.74) is 2.41. The van der Waals surface area contributed by atoms with Gasteiger partial charge in [-0.2, -0.15) is 0 Å². The first kappa shape index (κ1) is 19.2. The fourth-order valence-corrected chi connectivity index (χ4v) is 3.62. The maximum atomic E-state index is 13.0. The Balaban J connectivity index is 1.72. The minimum atomic E-state index is -0.757. The van der Waals surface area contributed by atoms with Crippen molar-refractivity contribution in [3.63, 3.8) is 0 Å². The van der Waals surface area contributed by atoms with Crippen molar-refractivity contribution in [2.45, 2.75) is 6.54 Å². The molecule has 0 aliphatic carbocycles. The van der Waals surface area contributed by atoms with E-state index in [1.807, 2.05) is 34.9 Å². The highest BCUT2D eigenvalue weighted by Crippen LogP contribution is 2.31. The van der Waals surface area contributed by atoms with E-state index < -0.39 is 11.7 Å². The molecule has 0 unspecified atom stereocenters. The van der Waals surface area contributed by atoms with Crippen molar-refractivity contribution in [3.05, 3.63) is 94.4 Å². The van der Waals surface area contributed by atoms with Gasteiger partial charge in [-0.3, -0.25) is 14.6 Å². The van der Waals surface area contributed by atoms with E-state index in [0.29, 0.717) is 22.6 Å². The fraction of sp³-hybridized carbons (Fsp3) is 0.0455. The molecule has 144 valence electrons. The number of para-hydroxylation sites is 1. The molecule has 0 fully saturated rings. The summed E-state index contributed by atoms with van der Waals surface area (Å²) in [5, 5.41) is 4.07. The van der Waals surface area contributed by atoms with E-state index in [1.165, 1.54) is 12.4 Å². The van der Waals surface area contributed by atoms with Crippen molar-refractivity contribution in [1.82, 2.24) is 9.55 Å². The molecule has 4 aromatic rings. The number of ketones is 1. The lowest BCUT2D eigenvalue weighted by Gasteiger charge is -2.08. The summed E-state index contributed by atoms with van der Waals surface area (Å²) >= 11 is 12.6. The van der Waals surface area contributed by atoms with Crippen LogP contribution in [0.15, 0.2) is 73.1 Å². The molecular formula is C22H15Cl2N3O2. The highest BCUT2D eigenvalue weighted by Gasteiger charge is 2.26. The minimum absolute atomic E-state index is 0.183. The predicted octanol–water partition coefficient (Wildman–Crippen LogP) is 5.21. The Morgan fingerprint density at radius 3 is 2.34 bits per heavy atom. The molecule has 29 heavy (non-hydrogen) atoms. The zero-order valence-electron chi connectivity index (χ0n) is 15.1. The number of nitrogens with zero attached hydrogens (tertiary/aromatic N) is 2. The predicted molar refractivity (Wildman–Crippen MR) is 115 cm³/mol. The number of hydrogen-bond donors (Lipinski definition) is 1. The molecule has 0 aliphatic heterocycles. The molecule has 2 aromatic carbocycles. The number of pyridine rings is 1. The Labute approximate surface area is 176 Å². The molecule has 1 N–H and O–H groups in total. The smallest absolute Gasteiger partial charge is 0.296 e. The Morgan fingerprint density at radius 2 is 1.62 bits per heavy atom. The van der Waals surface area contributed by atoms with Gasteiger partial charge in [0.1, 0.15) is 5.15 Å². The summed E-state index contributed by atoms with van der Waals surface area (Å²) in [6.45, 7) is 0.440. The number of hydrogen-bond acceptors (Lipinski definition) is 3. The first-order valence-corrected chi connectivity index (χ1v) is 9.57. The van der Waals surface area contributed by atoms with Gasteiger partial charge in [0.05, 0.1) is 11.1 Å². The molecule has 2 aromatic heterocycles. The van der Waals surface area contributed by atoms with Crippen LogP contribution >= 0.6 is 23.2 Å². The fourth-order valence-electron chi connectivity index (χ4n) is 3.15. The number of carbonyl (C=O) groups is 2. The summed E-state index contributed by atoms with van der Waals surface area (Å²) in [5.74, 6) is -1.45. The van der Waals surface area contributed by atoms with Crippen LogP contribution in [0.2, 0.25) is 10.2 Å². The molecule has 0 atom stereocenters. The lowest BCUT2D eigenvalue weighted by molar-refractivity contribution is -0.112. The number of rotatable bonds is 5. The molecule has 0 aliphatic rings. The molecule has 0 spiro atoms. The molecule has 0 bridgehead atoms. The van der Waals surface area contributed by atoms with Gasteiger partial charge in [0.25, 0.3) is 11.7 Å². The number of amides is 1. The Morgan fingerprint density at radius 1 is 0.931 bits per heavy atom. The number of carbonyl (C=O) groups excluding carboxylic acids is 2. The molecule has 2 heterocycles. The normalized spacial score (nSPS) is 10.8. The molecule has 5 nitrogen and oxygen atoms in total. The van der Waals surface area contributed by atoms with Crippen molar-refractivity contribution in [2.24, 2.45) is 0 Å². The van der Waals surface area contributed by atoms with Crippen LogP contribution in [-0.2, 0) is 11.3 Å². The van der Waals surface area contributed by atoms with Gasteiger partial charge in [0, 0.05) is 35.0 Å². The average molecular weight is 424 g/mol. The maximum absolute atomic E-state index is 13.0. The monoisotopic (exact) mass is 423 g/mol. The molecule has 4 rings (SSSR count). The number of benzene rings is 2. The van der Waals surface area contributed by atoms with Crippen molar-refractivity contribution >= 4 is 51.5 Å². The first-order valence-electron chi connectivity index (χ1n) is 8.81. The summed E-state index contributed by atoms with van der Waals surface area (Å²) in [4.78, 5) is 29.4. The molecule has 0 saturated carbocycles. The van der Waals surface area contributed by atoms with Crippen molar-refractivity contribution in [2.75, 3.05) is 5.32 Å². The highest BCUT2D eigenvalue weighted by molar-refractivity contribution is 6.51. The Bertz CT molecular complexity index is 1200. The van der Waals surface area contributed by atoms with Gasteiger partial charge in [0.15, 0.2) is 0 Å².